The predicted octanol–water partition coefficient (Wildman–Crippen LogP) is 4.85. The summed E-state index contributed by atoms with van der Waals surface area (Å²) in [4.78, 5) is 12.9. The van der Waals surface area contributed by atoms with Gasteiger partial charge < -0.3 is 10.1 Å². The fourth-order valence-corrected chi connectivity index (χ4v) is 4.59. The lowest BCUT2D eigenvalue weighted by Crippen LogP contribution is -2.29. The number of anilines is 1. The van der Waals surface area contributed by atoms with Crippen LogP contribution in [-0.4, -0.2) is 27.7 Å². The Labute approximate surface area is 196 Å². The number of hydrogen-bond donors (Lipinski definition) is 1. The third-order valence-corrected chi connectivity index (χ3v) is 6.66. The molecule has 0 aliphatic heterocycles. The van der Waals surface area contributed by atoms with Gasteiger partial charge in [-0.15, -0.1) is 0 Å². The number of amides is 1. The van der Waals surface area contributed by atoms with Crippen LogP contribution in [0.25, 0.3) is 0 Å². The van der Waals surface area contributed by atoms with Crippen LogP contribution in [0.1, 0.15) is 46.4 Å². The lowest BCUT2D eigenvalue weighted by atomic mass is 10.0. The Morgan fingerprint density at radius 2 is 1.70 bits per heavy atom. The molecule has 1 N–H and O–H groups in total. The Bertz CT molecular complexity index is 1190. The van der Waals surface area contributed by atoms with E-state index in [9.17, 15) is 13.2 Å². The molecule has 0 bridgehead atoms. The zero-order valence-corrected chi connectivity index (χ0v) is 20.2. The number of rotatable bonds is 9. The van der Waals surface area contributed by atoms with Gasteiger partial charge in [-0.3, -0.25) is 9.10 Å². The van der Waals surface area contributed by atoms with E-state index in [2.05, 4.69) is 5.32 Å². The second kappa shape index (κ2) is 10.5. The summed E-state index contributed by atoms with van der Waals surface area (Å²) in [5.41, 5.74) is 3.95. The first kappa shape index (κ1) is 24.3. The highest BCUT2D eigenvalue weighted by molar-refractivity contribution is 7.92. The van der Waals surface area contributed by atoms with Gasteiger partial charge >= 0.3 is 0 Å². The molecular weight excluding hydrogens is 436 g/mol. The van der Waals surface area contributed by atoms with Gasteiger partial charge in [-0.05, 0) is 60.4 Å². The van der Waals surface area contributed by atoms with Gasteiger partial charge in [-0.2, -0.15) is 0 Å². The Kier molecular flexibility index (Phi) is 7.76. The molecule has 33 heavy (non-hydrogen) atoms. The van der Waals surface area contributed by atoms with Crippen LogP contribution in [0, 0.1) is 6.92 Å². The molecule has 0 aromatic heterocycles. The highest BCUT2D eigenvalue weighted by Gasteiger charge is 2.19. The number of methoxy groups -OCH3 is 1. The minimum absolute atomic E-state index is 0.124. The van der Waals surface area contributed by atoms with Crippen molar-refractivity contribution in [1.29, 1.82) is 0 Å². The van der Waals surface area contributed by atoms with Gasteiger partial charge in [-0.25, -0.2) is 8.42 Å². The van der Waals surface area contributed by atoms with Crippen LogP contribution in [0.4, 0.5) is 5.69 Å². The zero-order chi connectivity index (χ0) is 24.0. The number of para-hydroxylation sites is 1. The van der Waals surface area contributed by atoms with Crippen molar-refractivity contribution in [1.82, 2.24) is 5.32 Å². The Balaban J connectivity index is 1.73. The van der Waals surface area contributed by atoms with E-state index in [0.29, 0.717) is 11.3 Å². The number of nitrogens with one attached hydrogen (secondary N) is 1. The molecule has 7 heteroatoms. The molecule has 0 saturated heterocycles. The molecular formula is C26H30N2O4S. The van der Waals surface area contributed by atoms with Gasteiger partial charge in [0.05, 0.1) is 31.6 Å². The lowest BCUT2D eigenvalue weighted by molar-refractivity contribution is 0.0935. The summed E-state index contributed by atoms with van der Waals surface area (Å²) < 4.78 is 31.3. The maximum atomic E-state index is 12.9. The number of ether oxygens (including phenoxy) is 1. The smallest absolute Gasteiger partial charge is 0.251 e. The first-order chi connectivity index (χ1) is 15.7. The van der Waals surface area contributed by atoms with E-state index >= 15 is 0 Å². The summed E-state index contributed by atoms with van der Waals surface area (Å²) in [6.07, 6.45) is 1.93. The number of nitrogens with zero attached hydrogens (tertiary/aromatic N) is 1. The molecule has 0 radical (unpaired) electrons. The fourth-order valence-electron chi connectivity index (χ4n) is 3.70. The highest BCUT2D eigenvalue weighted by atomic mass is 32.2. The molecule has 0 fully saturated rings. The second-order valence-electron chi connectivity index (χ2n) is 7.97. The lowest BCUT2D eigenvalue weighted by Gasteiger charge is -2.22. The van der Waals surface area contributed by atoms with E-state index in [1.165, 1.54) is 10.6 Å². The Hall–Kier alpha value is -3.32. The van der Waals surface area contributed by atoms with Crippen molar-refractivity contribution in [3.63, 3.8) is 0 Å². The summed E-state index contributed by atoms with van der Waals surface area (Å²) in [5, 5.41) is 3.09. The second-order valence-corrected chi connectivity index (χ2v) is 9.87. The number of benzene rings is 3. The molecule has 1 unspecified atom stereocenters. The maximum Gasteiger partial charge on any atom is 0.251 e. The molecule has 0 spiro atoms. The fraction of sp³-hybridized carbons (Fsp3) is 0.269. The van der Waals surface area contributed by atoms with Crippen LogP contribution >= 0.6 is 0 Å². The minimum atomic E-state index is -3.46. The monoisotopic (exact) mass is 466 g/mol. The van der Waals surface area contributed by atoms with E-state index in [4.69, 9.17) is 4.74 Å². The molecule has 3 aromatic carbocycles. The molecule has 6 nitrogen and oxygen atoms in total. The minimum Gasteiger partial charge on any atom is -0.496 e. The van der Waals surface area contributed by atoms with E-state index < -0.39 is 10.0 Å². The maximum absolute atomic E-state index is 12.9. The SMILES string of the molecule is CCC(NC(=O)c1ccc(CN(c2ccccc2)S(C)(=O)=O)cc1)c1ccc(OC)c(C)c1. The molecule has 1 atom stereocenters. The number of aryl methyl sites for hydroxylation is 1. The van der Waals surface area contributed by atoms with Crippen molar-refractivity contribution >= 4 is 21.6 Å². The number of hydrogen-bond acceptors (Lipinski definition) is 4. The van der Waals surface area contributed by atoms with Gasteiger partial charge in [0.25, 0.3) is 5.91 Å². The van der Waals surface area contributed by atoms with Crippen molar-refractivity contribution in [2.24, 2.45) is 0 Å². The van der Waals surface area contributed by atoms with E-state index in [0.717, 1.165) is 28.9 Å². The van der Waals surface area contributed by atoms with Gasteiger partial charge in [0.2, 0.25) is 10.0 Å². The first-order valence-electron chi connectivity index (χ1n) is 10.8. The third kappa shape index (κ3) is 6.14. The van der Waals surface area contributed by atoms with Crippen LogP contribution in [0.3, 0.4) is 0 Å². The Morgan fingerprint density at radius 1 is 1.03 bits per heavy atom. The van der Waals surface area contributed by atoms with Gasteiger partial charge in [0.15, 0.2) is 0 Å². The third-order valence-electron chi connectivity index (χ3n) is 5.52. The van der Waals surface area contributed by atoms with Gasteiger partial charge in [-0.1, -0.05) is 49.4 Å². The normalized spacial score (nSPS) is 12.1. The van der Waals surface area contributed by atoms with E-state index in [1.54, 1.807) is 55.6 Å². The standard InChI is InChI=1S/C26H30N2O4S/c1-5-24(22-15-16-25(32-3)19(2)17-22)27-26(29)21-13-11-20(12-14-21)18-28(33(4,30)31)23-9-7-6-8-10-23/h6-17,24H,5,18H2,1-4H3,(H,27,29). The van der Waals surface area contributed by atoms with Crippen molar-refractivity contribution in [3.8, 4) is 5.75 Å². The summed E-state index contributed by atoms with van der Waals surface area (Å²) in [5.74, 6) is 0.638. The Morgan fingerprint density at radius 3 is 2.24 bits per heavy atom. The van der Waals surface area contributed by atoms with E-state index in [-0.39, 0.29) is 18.5 Å². The van der Waals surface area contributed by atoms with Crippen LogP contribution in [-0.2, 0) is 16.6 Å². The van der Waals surface area contributed by atoms with Crippen molar-refractivity contribution in [2.75, 3.05) is 17.7 Å². The topological polar surface area (TPSA) is 75.7 Å². The summed E-state index contributed by atoms with van der Waals surface area (Å²) >= 11 is 0. The molecule has 3 aromatic rings. The van der Waals surface area contributed by atoms with Crippen LogP contribution in [0.2, 0.25) is 0 Å². The predicted molar refractivity (Wildman–Crippen MR) is 132 cm³/mol. The van der Waals surface area contributed by atoms with Crippen molar-refractivity contribution in [2.45, 2.75) is 32.9 Å². The molecule has 0 aliphatic rings. The number of carbonyl (C=O) groups excluding carboxylic acids is 1. The van der Waals surface area contributed by atoms with Crippen LogP contribution in [0.5, 0.6) is 5.75 Å². The number of sulfonamides is 1. The summed E-state index contributed by atoms with van der Waals surface area (Å²) in [6, 6.07) is 21.8. The average Bonchev–Trinajstić information content (AvgIpc) is 2.81. The average molecular weight is 467 g/mol. The molecule has 1 amide bonds. The summed E-state index contributed by atoms with van der Waals surface area (Å²) in [7, 11) is -1.82. The van der Waals surface area contributed by atoms with Crippen molar-refractivity contribution in [3.05, 3.63) is 95.1 Å². The molecule has 0 heterocycles. The number of carbonyl (C=O) groups is 1. The summed E-state index contributed by atoms with van der Waals surface area (Å²) in [6.45, 7) is 4.19. The van der Waals surface area contributed by atoms with Crippen LogP contribution in [0.15, 0.2) is 72.8 Å². The quantitative estimate of drug-likeness (QED) is 0.489. The van der Waals surface area contributed by atoms with Crippen molar-refractivity contribution < 1.29 is 17.9 Å². The van der Waals surface area contributed by atoms with Gasteiger partial charge in [0, 0.05) is 5.56 Å². The van der Waals surface area contributed by atoms with Gasteiger partial charge in [0.1, 0.15) is 5.75 Å². The molecule has 174 valence electrons. The highest BCUT2D eigenvalue weighted by Crippen LogP contribution is 2.25. The van der Waals surface area contributed by atoms with Crippen LogP contribution < -0.4 is 14.4 Å². The largest absolute Gasteiger partial charge is 0.496 e. The zero-order valence-electron chi connectivity index (χ0n) is 19.4. The van der Waals surface area contributed by atoms with E-state index in [1.807, 2.05) is 38.1 Å². The molecule has 3 rings (SSSR count). The molecule has 0 saturated carbocycles. The first-order valence-corrected chi connectivity index (χ1v) is 12.6. The molecule has 0 aliphatic carbocycles.